The fraction of sp³-hybridized carbons (Fsp3) is 0.200. The van der Waals surface area contributed by atoms with Crippen molar-refractivity contribution in [3.8, 4) is 0 Å². The molecule has 0 bridgehead atoms. The first-order valence-corrected chi connectivity index (χ1v) is 3.13. The predicted molar refractivity (Wildman–Crippen MR) is 44.1 cm³/mol. The minimum atomic E-state index is -0.732. The summed E-state index contributed by atoms with van der Waals surface area (Å²) in [5, 5.41) is 11.5. The predicted octanol–water partition coefficient (Wildman–Crippen LogP) is -1.31. The fourth-order valence-electron chi connectivity index (χ4n) is 0.707. The summed E-state index contributed by atoms with van der Waals surface area (Å²) in [6.45, 7) is 0. The Hall–Kier alpha value is -1.92. The number of hydrogen-bond donors (Lipinski definition) is 4. The molecule has 1 heterocycles. The van der Waals surface area contributed by atoms with Crippen LogP contribution in [0.1, 0.15) is 0 Å². The average molecular weight is 171 g/mol. The summed E-state index contributed by atoms with van der Waals surface area (Å²) in [7, 11) is 1.49. The minimum absolute atomic E-state index is 0.0517. The Balaban J connectivity index is 3.50. The Bertz CT molecular complexity index is 358. The number of nitrogens with one attached hydrogen (secondary N) is 1. The van der Waals surface area contributed by atoms with Gasteiger partial charge in [-0.15, -0.1) is 4.73 Å². The number of anilines is 3. The second kappa shape index (κ2) is 2.61. The highest BCUT2D eigenvalue weighted by Gasteiger charge is 2.09. The van der Waals surface area contributed by atoms with Crippen LogP contribution in [0.25, 0.3) is 0 Å². The molecule has 12 heavy (non-hydrogen) atoms. The summed E-state index contributed by atoms with van der Waals surface area (Å²) in [5.74, 6) is -0.412. The Morgan fingerprint density at radius 2 is 2.17 bits per heavy atom. The molecule has 0 saturated carbocycles. The van der Waals surface area contributed by atoms with Gasteiger partial charge in [0.25, 0.3) is 0 Å². The molecule has 0 fully saturated rings. The van der Waals surface area contributed by atoms with Gasteiger partial charge in [-0.3, -0.25) is 4.79 Å². The molecule has 0 atom stereocenters. The van der Waals surface area contributed by atoms with Crippen molar-refractivity contribution in [3.63, 3.8) is 0 Å². The summed E-state index contributed by atoms with van der Waals surface area (Å²) in [6, 6.07) is 0. The van der Waals surface area contributed by atoms with Crippen molar-refractivity contribution in [2.45, 2.75) is 0 Å². The molecule has 0 aliphatic heterocycles. The number of aromatic nitrogens is 2. The SMILES string of the molecule is CNc1nc(N)c(N)n(O)c1=O. The van der Waals surface area contributed by atoms with E-state index in [4.69, 9.17) is 16.7 Å². The van der Waals surface area contributed by atoms with Gasteiger partial charge < -0.3 is 22.0 Å². The smallest absolute Gasteiger partial charge is 0.327 e. The van der Waals surface area contributed by atoms with E-state index >= 15 is 0 Å². The molecule has 0 saturated heterocycles. The van der Waals surface area contributed by atoms with Crippen LogP contribution < -0.4 is 22.3 Å². The van der Waals surface area contributed by atoms with Crippen LogP contribution in [-0.4, -0.2) is 22.0 Å². The van der Waals surface area contributed by atoms with E-state index in [1.807, 2.05) is 0 Å². The van der Waals surface area contributed by atoms with Crippen molar-refractivity contribution in [1.82, 2.24) is 9.71 Å². The fourth-order valence-corrected chi connectivity index (χ4v) is 0.707. The number of nitrogens with two attached hydrogens (primary N) is 2. The van der Waals surface area contributed by atoms with Crippen LogP contribution in [0.15, 0.2) is 4.79 Å². The molecule has 7 heteroatoms. The number of rotatable bonds is 1. The van der Waals surface area contributed by atoms with Crippen LogP contribution in [-0.2, 0) is 0 Å². The van der Waals surface area contributed by atoms with E-state index in [9.17, 15) is 4.79 Å². The van der Waals surface area contributed by atoms with E-state index in [2.05, 4.69) is 10.3 Å². The zero-order valence-electron chi connectivity index (χ0n) is 6.40. The molecule has 0 aliphatic rings. The van der Waals surface area contributed by atoms with Gasteiger partial charge in [0.1, 0.15) is 0 Å². The molecule has 1 rings (SSSR count). The molecule has 0 aliphatic carbocycles. The third kappa shape index (κ3) is 1.00. The van der Waals surface area contributed by atoms with Gasteiger partial charge in [-0.05, 0) is 0 Å². The van der Waals surface area contributed by atoms with E-state index in [-0.39, 0.29) is 22.2 Å². The van der Waals surface area contributed by atoms with Gasteiger partial charge >= 0.3 is 5.56 Å². The molecule has 7 nitrogen and oxygen atoms in total. The maximum atomic E-state index is 11.0. The first kappa shape index (κ1) is 8.18. The maximum absolute atomic E-state index is 11.0. The maximum Gasteiger partial charge on any atom is 0.327 e. The van der Waals surface area contributed by atoms with Gasteiger partial charge in [0, 0.05) is 7.05 Å². The van der Waals surface area contributed by atoms with Gasteiger partial charge in [0.15, 0.2) is 17.5 Å². The average Bonchev–Trinajstić information content (AvgIpc) is 2.08. The Morgan fingerprint density at radius 1 is 1.58 bits per heavy atom. The zero-order valence-corrected chi connectivity index (χ0v) is 6.40. The largest absolute Gasteiger partial charge is 0.423 e. The summed E-state index contributed by atoms with van der Waals surface area (Å²) >= 11 is 0. The summed E-state index contributed by atoms with van der Waals surface area (Å²) in [4.78, 5) is 14.6. The third-order valence-corrected chi connectivity index (χ3v) is 1.35. The molecule has 6 N–H and O–H groups in total. The quantitative estimate of drug-likeness (QED) is 0.389. The molecule has 1 aromatic heterocycles. The van der Waals surface area contributed by atoms with Crippen LogP contribution in [0.3, 0.4) is 0 Å². The number of hydrogen-bond acceptors (Lipinski definition) is 6. The molecule has 0 unspecified atom stereocenters. The molecule has 0 radical (unpaired) electrons. The topological polar surface area (TPSA) is 119 Å². The normalized spacial score (nSPS) is 9.75. The highest BCUT2D eigenvalue weighted by Crippen LogP contribution is 2.08. The van der Waals surface area contributed by atoms with E-state index in [1.165, 1.54) is 7.05 Å². The first-order valence-electron chi connectivity index (χ1n) is 3.13. The molecule has 1 aromatic rings. The van der Waals surface area contributed by atoms with Crippen molar-refractivity contribution in [3.05, 3.63) is 10.4 Å². The Morgan fingerprint density at radius 3 is 2.67 bits per heavy atom. The van der Waals surface area contributed by atoms with Crippen LogP contribution in [0.2, 0.25) is 0 Å². The Kier molecular flexibility index (Phi) is 1.78. The summed E-state index contributed by atoms with van der Waals surface area (Å²) in [6.07, 6.45) is 0. The van der Waals surface area contributed by atoms with Gasteiger partial charge in [-0.25, -0.2) is 4.98 Å². The van der Waals surface area contributed by atoms with Gasteiger partial charge in [0.05, 0.1) is 0 Å². The monoisotopic (exact) mass is 171 g/mol. The summed E-state index contributed by atoms with van der Waals surface area (Å²) in [5.41, 5.74) is 9.74. The zero-order chi connectivity index (χ0) is 9.30. The van der Waals surface area contributed by atoms with E-state index in [0.29, 0.717) is 0 Å². The molecule has 0 spiro atoms. The highest BCUT2D eigenvalue weighted by molar-refractivity contribution is 5.56. The van der Waals surface area contributed by atoms with Crippen LogP contribution >= 0.6 is 0 Å². The standard InChI is InChI=1S/C5H9N5O2/c1-8-4-5(11)10(12)3(7)2(6)9-4/h12H,6-7H2,1H3,(H,8,9). The first-order chi connectivity index (χ1) is 5.57. The van der Waals surface area contributed by atoms with Crippen molar-refractivity contribution >= 4 is 17.5 Å². The lowest BCUT2D eigenvalue weighted by atomic mass is 10.5. The lowest BCUT2D eigenvalue weighted by molar-refractivity contribution is 0.182. The molecule has 0 amide bonds. The van der Waals surface area contributed by atoms with Crippen molar-refractivity contribution in [1.29, 1.82) is 0 Å². The van der Waals surface area contributed by atoms with Crippen molar-refractivity contribution in [2.24, 2.45) is 0 Å². The lowest BCUT2D eigenvalue weighted by Gasteiger charge is -2.05. The van der Waals surface area contributed by atoms with Crippen LogP contribution in [0.5, 0.6) is 0 Å². The van der Waals surface area contributed by atoms with Crippen LogP contribution in [0, 0.1) is 0 Å². The van der Waals surface area contributed by atoms with Crippen LogP contribution in [0.4, 0.5) is 17.5 Å². The Labute approximate surface area is 67.6 Å². The number of nitrogen functional groups attached to an aromatic ring is 2. The molecular weight excluding hydrogens is 162 g/mol. The molecule has 66 valence electrons. The summed E-state index contributed by atoms with van der Waals surface area (Å²) < 4.78 is 0.244. The highest BCUT2D eigenvalue weighted by atomic mass is 16.5. The lowest BCUT2D eigenvalue weighted by Crippen LogP contribution is -2.26. The molecule has 0 aromatic carbocycles. The second-order valence-corrected chi connectivity index (χ2v) is 2.10. The van der Waals surface area contributed by atoms with Gasteiger partial charge in [-0.2, -0.15) is 0 Å². The third-order valence-electron chi connectivity index (χ3n) is 1.35. The minimum Gasteiger partial charge on any atom is -0.423 e. The van der Waals surface area contributed by atoms with Gasteiger partial charge in [-0.1, -0.05) is 0 Å². The van der Waals surface area contributed by atoms with Crippen molar-refractivity contribution in [2.75, 3.05) is 23.8 Å². The van der Waals surface area contributed by atoms with E-state index in [0.717, 1.165) is 0 Å². The van der Waals surface area contributed by atoms with E-state index < -0.39 is 5.56 Å². The van der Waals surface area contributed by atoms with Gasteiger partial charge in [0.2, 0.25) is 0 Å². The number of nitrogens with zero attached hydrogens (tertiary/aromatic N) is 2. The van der Waals surface area contributed by atoms with Crippen molar-refractivity contribution < 1.29 is 5.21 Å². The molecular formula is C5H9N5O2. The second-order valence-electron chi connectivity index (χ2n) is 2.10. The van der Waals surface area contributed by atoms with E-state index in [1.54, 1.807) is 0 Å².